The van der Waals surface area contributed by atoms with Crippen molar-refractivity contribution in [2.24, 2.45) is 0 Å². The lowest BCUT2D eigenvalue weighted by molar-refractivity contribution is -0.135. The number of carbonyl (C=O) groups is 1. The monoisotopic (exact) mass is 433 g/mol. The molecule has 1 aliphatic heterocycles. The predicted octanol–water partition coefficient (Wildman–Crippen LogP) is 3.65. The Balaban J connectivity index is 1.73. The van der Waals surface area contributed by atoms with Gasteiger partial charge in [0.1, 0.15) is 10.8 Å². The Morgan fingerprint density at radius 3 is 2.73 bits per heavy atom. The number of benzene rings is 1. The number of thiophene rings is 1. The highest BCUT2D eigenvalue weighted by Gasteiger charge is 2.35. The smallest absolute Gasteiger partial charge is 0.261 e. The summed E-state index contributed by atoms with van der Waals surface area (Å²) >= 11 is 13.5. The lowest BCUT2D eigenvalue weighted by Gasteiger charge is -2.28. The van der Waals surface area contributed by atoms with Crippen molar-refractivity contribution >= 4 is 50.3 Å². The van der Waals surface area contributed by atoms with E-state index in [9.17, 15) is 13.2 Å². The third kappa shape index (κ3) is 4.71. The minimum atomic E-state index is -3.10. The van der Waals surface area contributed by atoms with Crippen LogP contribution in [0.25, 0.3) is 0 Å². The van der Waals surface area contributed by atoms with E-state index in [2.05, 4.69) is 0 Å². The summed E-state index contributed by atoms with van der Waals surface area (Å²) in [6, 6.07) is 8.42. The molecule has 0 spiro atoms. The fraction of sp³-hybridized carbons (Fsp3) is 0.353. The Labute approximate surface area is 166 Å². The molecule has 3 rings (SSSR count). The molecule has 1 unspecified atom stereocenters. The van der Waals surface area contributed by atoms with Gasteiger partial charge in [-0.1, -0.05) is 35.3 Å². The minimum absolute atomic E-state index is 0.0119. The fourth-order valence-electron chi connectivity index (χ4n) is 2.83. The van der Waals surface area contributed by atoms with E-state index in [1.165, 1.54) is 11.3 Å². The normalized spacial score (nSPS) is 18.6. The molecule has 0 bridgehead atoms. The predicted molar refractivity (Wildman–Crippen MR) is 104 cm³/mol. The van der Waals surface area contributed by atoms with E-state index in [0.29, 0.717) is 23.7 Å². The minimum Gasteiger partial charge on any atom is -0.482 e. The Morgan fingerprint density at radius 2 is 2.08 bits per heavy atom. The van der Waals surface area contributed by atoms with Crippen molar-refractivity contribution in [3.63, 3.8) is 0 Å². The summed E-state index contributed by atoms with van der Waals surface area (Å²) in [5.74, 6) is 0.133. The van der Waals surface area contributed by atoms with Crippen LogP contribution in [0.4, 0.5) is 0 Å². The van der Waals surface area contributed by atoms with Crippen molar-refractivity contribution in [2.45, 2.75) is 19.0 Å². The van der Waals surface area contributed by atoms with Crippen molar-refractivity contribution in [3.8, 4) is 5.75 Å². The zero-order chi connectivity index (χ0) is 18.7. The lowest BCUT2D eigenvalue weighted by atomic mass is 10.2. The third-order valence-electron chi connectivity index (χ3n) is 4.14. The van der Waals surface area contributed by atoms with Gasteiger partial charge in [0, 0.05) is 10.9 Å². The summed E-state index contributed by atoms with van der Waals surface area (Å²) in [7, 11) is -3.10. The van der Waals surface area contributed by atoms with Crippen LogP contribution in [0.5, 0.6) is 5.75 Å². The molecule has 26 heavy (non-hydrogen) atoms. The number of nitrogens with zero attached hydrogens (tertiary/aromatic N) is 1. The second kappa shape index (κ2) is 8.17. The van der Waals surface area contributed by atoms with Gasteiger partial charge in [-0.3, -0.25) is 4.79 Å². The van der Waals surface area contributed by atoms with Crippen LogP contribution >= 0.6 is 34.5 Å². The molecule has 1 fully saturated rings. The van der Waals surface area contributed by atoms with Crippen LogP contribution in [0.1, 0.15) is 11.3 Å². The topological polar surface area (TPSA) is 63.7 Å². The van der Waals surface area contributed by atoms with Gasteiger partial charge in [-0.15, -0.1) is 11.3 Å². The quantitative estimate of drug-likeness (QED) is 0.697. The molecule has 0 aliphatic carbocycles. The number of amides is 1. The Kier molecular flexibility index (Phi) is 6.12. The molecule has 0 radical (unpaired) electrons. The molecule has 9 heteroatoms. The summed E-state index contributed by atoms with van der Waals surface area (Å²) in [5, 5.41) is 2.51. The van der Waals surface area contributed by atoms with Crippen molar-refractivity contribution in [3.05, 3.63) is 50.6 Å². The molecule has 1 saturated heterocycles. The average molecular weight is 434 g/mol. The number of hydrogen-bond acceptors (Lipinski definition) is 5. The van der Waals surface area contributed by atoms with E-state index < -0.39 is 9.84 Å². The molecule has 5 nitrogen and oxygen atoms in total. The number of hydrogen-bond donors (Lipinski definition) is 0. The molecule has 1 amide bonds. The molecule has 2 aromatic rings. The lowest BCUT2D eigenvalue weighted by Crippen LogP contribution is -2.42. The molecule has 1 aromatic heterocycles. The van der Waals surface area contributed by atoms with Gasteiger partial charge >= 0.3 is 0 Å². The van der Waals surface area contributed by atoms with E-state index in [1.807, 2.05) is 17.5 Å². The zero-order valence-corrected chi connectivity index (χ0v) is 16.9. The first-order valence-corrected chi connectivity index (χ1v) is 11.4. The Hall–Kier alpha value is -1.28. The zero-order valence-electron chi connectivity index (χ0n) is 13.7. The molecule has 1 aliphatic rings. The summed E-state index contributed by atoms with van der Waals surface area (Å²) in [6.45, 7) is 0.130. The van der Waals surface area contributed by atoms with Crippen LogP contribution in [-0.4, -0.2) is 43.4 Å². The van der Waals surface area contributed by atoms with Gasteiger partial charge in [0.25, 0.3) is 5.91 Å². The molecular weight excluding hydrogens is 417 g/mol. The first kappa shape index (κ1) is 19.5. The average Bonchev–Trinajstić information content (AvgIpc) is 3.23. The van der Waals surface area contributed by atoms with E-state index in [1.54, 1.807) is 23.1 Å². The molecule has 0 saturated carbocycles. The second-order valence-corrected chi connectivity index (χ2v) is 10.0. The summed E-state index contributed by atoms with van der Waals surface area (Å²) in [5.41, 5.74) is 0. The van der Waals surface area contributed by atoms with Crippen molar-refractivity contribution in [1.29, 1.82) is 0 Å². The molecule has 2 heterocycles. The highest BCUT2D eigenvalue weighted by molar-refractivity contribution is 7.91. The third-order valence-corrected chi connectivity index (χ3v) is 7.56. The molecule has 140 valence electrons. The van der Waals surface area contributed by atoms with Crippen LogP contribution in [0, 0.1) is 0 Å². The summed E-state index contributed by atoms with van der Waals surface area (Å²) < 4.78 is 29.2. The van der Waals surface area contributed by atoms with Gasteiger partial charge in [0.05, 0.1) is 23.1 Å². The molecule has 0 N–H and O–H groups in total. The highest BCUT2D eigenvalue weighted by atomic mass is 35.5. The van der Waals surface area contributed by atoms with Gasteiger partial charge < -0.3 is 9.64 Å². The number of halogens is 2. The SMILES string of the molecule is O=C(COc1cccc(Cl)c1Cl)N(Cc1cccs1)C1CCS(=O)(=O)C1. The molecule has 1 atom stereocenters. The standard InChI is InChI=1S/C17H17Cl2NO4S2/c18-14-4-1-5-15(17(14)19)24-10-16(21)20(9-13-3-2-7-25-13)12-6-8-26(22,23)11-12/h1-5,7,12H,6,8-11H2. The van der Waals surface area contributed by atoms with E-state index in [-0.39, 0.29) is 35.1 Å². The number of carbonyl (C=O) groups excluding carboxylic acids is 1. The molecule has 1 aromatic carbocycles. The maximum atomic E-state index is 12.8. The van der Waals surface area contributed by atoms with Gasteiger partial charge in [0.2, 0.25) is 0 Å². The first-order chi connectivity index (χ1) is 12.4. The fourth-order valence-corrected chi connectivity index (χ4v) is 5.61. The van der Waals surface area contributed by atoms with Crippen LogP contribution < -0.4 is 4.74 Å². The van der Waals surface area contributed by atoms with Gasteiger partial charge in [-0.25, -0.2) is 8.42 Å². The number of ether oxygens (including phenoxy) is 1. The van der Waals surface area contributed by atoms with Gasteiger partial charge in [0.15, 0.2) is 16.4 Å². The highest BCUT2D eigenvalue weighted by Crippen LogP contribution is 2.31. The van der Waals surface area contributed by atoms with E-state index in [4.69, 9.17) is 27.9 Å². The Morgan fingerprint density at radius 1 is 1.27 bits per heavy atom. The first-order valence-electron chi connectivity index (χ1n) is 7.95. The van der Waals surface area contributed by atoms with Crippen LogP contribution in [-0.2, 0) is 21.2 Å². The van der Waals surface area contributed by atoms with Gasteiger partial charge in [-0.2, -0.15) is 0 Å². The van der Waals surface area contributed by atoms with E-state index in [0.717, 1.165) is 4.88 Å². The van der Waals surface area contributed by atoms with Crippen LogP contribution in [0.15, 0.2) is 35.7 Å². The van der Waals surface area contributed by atoms with E-state index >= 15 is 0 Å². The van der Waals surface area contributed by atoms with Crippen LogP contribution in [0.2, 0.25) is 10.0 Å². The largest absolute Gasteiger partial charge is 0.482 e. The van der Waals surface area contributed by atoms with Crippen molar-refractivity contribution in [1.82, 2.24) is 4.90 Å². The summed E-state index contributed by atoms with van der Waals surface area (Å²) in [4.78, 5) is 15.4. The molecular formula is C17H17Cl2NO4S2. The maximum Gasteiger partial charge on any atom is 0.261 e. The maximum absolute atomic E-state index is 12.8. The summed E-state index contributed by atoms with van der Waals surface area (Å²) in [6.07, 6.45) is 0.442. The second-order valence-electron chi connectivity index (χ2n) is 6.00. The number of rotatable bonds is 6. The van der Waals surface area contributed by atoms with Crippen molar-refractivity contribution < 1.29 is 17.9 Å². The Bertz CT molecular complexity index is 884. The van der Waals surface area contributed by atoms with Crippen LogP contribution in [0.3, 0.4) is 0 Å². The number of sulfone groups is 1. The van der Waals surface area contributed by atoms with Crippen molar-refractivity contribution in [2.75, 3.05) is 18.1 Å². The van der Waals surface area contributed by atoms with Gasteiger partial charge in [-0.05, 0) is 30.0 Å².